The van der Waals surface area contributed by atoms with Crippen molar-refractivity contribution in [2.24, 2.45) is 0 Å². The predicted octanol–water partition coefficient (Wildman–Crippen LogP) is 2.56. The zero-order valence-electron chi connectivity index (χ0n) is 14.6. The highest BCUT2D eigenvalue weighted by Crippen LogP contribution is 2.24. The lowest BCUT2D eigenvalue weighted by molar-refractivity contribution is -0.118. The molecule has 0 aliphatic carbocycles. The van der Waals surface area contributed by atoms with Gasteiger partial charge in [0.25, 0.3) is 5.91 Å². The normalized spacial score (nSPS) is 11.1. The second-order valence-corrected chi connectivity index (χ2v) is 6.58. The van der Waals surface area contributed by atoms with Crippen LogP contribution in [0.5, 0.6) is 0 Å². The van der Waals surface area contributed by atoms with Gasteiger partial charge in [0.1, 0.15) is 5.65 Å². The van der Waals surface area contributed by atoms with Crippen molar-refractivity contribution in [3.05, 3.63) is 52.8 Å². The number of benzene rings is 2. The van der Waals surface area contributed by atoms with Gasteiger partial charge in [-0.3, -0.25) is 14.0 Å². The van der Waals surface area contributed by atoms with Crippen LogP contribution in [0, 0.1) is 4.77 Å². The fourth-order valence-electron chi connectivity index (χ4n) is 3.08. The minimum atomic E-state index is -0.213. The second kappa shape index (κ2) is 6.81. The van der Waals surface area contributed by atoms with Crippen molar-refractivity contribution in [1.29, 1.82) is 0 Å². The highest BCUT2D eigenvalue weighted by Gasteiger charge is 2.12. The molecule has 136 valence electrons. The summed E-state index contributed by atoms with van der Waals surface area (Å²) in [7, 11) is 0. The van der Waals surface area contributed by atoms with E-state index >= 15 is 0 Å². The number of hydrogen-bond acceptors (Lipinski definition) is 4. The van der Waals surface area contributed by atoms with Crippen LogP contribution in [0.4, 0.5) is 0 Å². The van der Waals surface area contributed by atoms with E-state index in [0.717, 1.165) is 27.6 Å². The maximum absolute atomic E-state index is 12.3. The molecule has 8 heteroatoms. The highest BCUT2D eigenvalue weighted by atomic mass is 32.1. The van der Waals surface area contributed by atoms with Gasteiger partial charge < -0.3 is 15.6 Å². The molecule has 0 aliphatic heterocycles. The van der Waals surface area contributed by atoms with Crippen LogP contribution in [0.25, 0.3) is 27.6 Å². The predicted molar refractivity (Wildman–Crippen MR) is 106 cm³/mol. The minimum absolute atomic E-state index is 0.126. The third-order valence-electron chi connectivity index (χ3n) is 4.31. The van der Waals surface area contributed by atoms with E-state index in [1.807, 2.05) is 34.7 Å². The molecule has 0 saturated heterocycles. The van der Waals surface area contributed by atoms with Gasteiger partial charge in [-0.2, -0.15) is 0 Å². The first-order valence-corrected chi connectivity index (χ1v) is 8.91. The molecule has 4 aromatic rings. The van der Waals surface area contributed by atoms with Gasteiger partial charge in [0.15, 0.2) is 4.77 Å². The van der Waals surface area contributed by atoms with Gasteiger partial charge in [0.05, 0.1) is 16.6 Å². The van der Waals surface area contributed by atoms with Crippen molar-refractivity contribution in [2.45, 2.75) is 6.92 Å². The van der Waals surface area contributed by atoms with Gasteiger partial charge in [-0.05, 0) is 42.5 Å². The molecule has 7 nitrogen and oxygen atoms in total. The Bertz CT molecular complexity index is 1260. The third kappa shape index (κ3) is 3.15. The molecule has 2 amide bonds. The number of nitrogens with zero attached hydrogens (tertiary/aromatic N) is 2. The molecule has 0 atom stereocenters. The second-order valence-electron chi connectivity index (χ2n) is 6.19. The Balaban J connectivity index is 1.72. The van der Waals surface area contributed by atoms with Crippen molar-refractivity contribution in [3.63, 3.8) is 0 Å². The van der Waals surface area contributed by atoms with E-state index < -0.39 is 0 Å². The summed E-state index contributed by atoms with van der Waals surface area (Å²) < 4.78 is 2.43. The highest BCUT2D eigenvalue weighted by molar-refractivity contribution is 7.71. The van der Waals surface area contributed by atoms with Crippen LogP contribution in [-0.4, -0.2) is 39.3 Å². The maximum atomic E-state index is 12.3. The van der Waals surface area contributed by atoms with Crippen molar-refractivity contribution in [2.75, 3.05) is 13.1 Å². The first-order chi connectivity index (χ1) is 13.0. The van der Waals surface area contributed by atoms with Crippen molar-refractivity contribution in [3.8, 4) is 0 Å². The van der Waals surface area contributed by atoms with Crippen molar-refractivity contribution in [1.82, 2.24) is 25.0 Å². The number of fused-ring (bicyclic) bond motifs is 5. The number of rotatable bonds is 4. The van der Waals surface area contributed by atoms with Crippen molar-refractivity contribution >= 4 is 51.6 Å². The van der Waals surface area contributed by atoms with E-state index in [1.165, 1.54) is 6.92 Å². The van der Waals surface area contributed by atoms with Crippen LogP contribution in [0.3, 0.4) is 0 Å². The Morgan fingerprint density at radius 1 is 1.15 bits per heavy atom. The molecular formula is C19H17N5O2S. The quantitative estimate of drug-likeness (QED) is 0.375. The third-order valence-corrected chi connectivity index (χ3v) is 4.60. The number of hydrogen-bond donors (Lipinski definition) is 3. The summed E-state index contributed by atoms with van der Waals surface area (Å²) in [6.45, 7) is 2.18. The Morgan fingerprint density at radius 3 is 2.74 bits per heavy atom. The number of H-pyrrole nitrogens is 1. The fraction of sp³-hybridized carbons (Fsp3) is 0.158. The molecule has 0 spiro atoms. The fourth-order valence-corrected chi connectivity index (χ4v) is 3.38. The number of nitrogens with one attached hydrogen (secondary N) is 3. The summed E-state index contributed by atoms with van der Waals surface area (Å²) in [4.78, 5) is 31.1. The van der Waals surface area contributed by atoms with E-state index in [4.69, 9.17) is 17.2 Å². The SMILES string of the molecule is CC(=O)NCCNC(=O)c1ccc2c(c1)[nH]c(=S)n1c3ccccc3nc21. The number of carbonyl (C=O) groups excluding carboxylic acids is 2. The van der Waals surface area contributed by atoms with Gasteiger partial charge in [-0.15, -0.1) is 0 Å². The van der Waals surface area contributed by atoms with Gasteiger partial charge in [-0.25, -0.2) is 4.98 Å². The zero-order valence-corrected chi connectivity index (χ0v) is 15.4. The first-order valence-electron chi connectivity index (χ1n) is 8.50. The number of amides is 2. The Labute approximate surface area is 159 Å². The molecule has 2 aromatic carbocycles. The molecule has 4 rings (SSSR count). The van der Waals surface area contributed by atoms with Crippen LogP contribution >= 0.6 is 12.2 Å². The van der Waals surface area contributed by atoms with Crippen LogP contribution in [0.2, 0.25) is 0 Å². The van der Waals surface area contributed by atoms with Gasteiger partial charge in [-0.1, -0.05) is 12.1 Å². The van der Waals surface area contributed by atoms with E-state index in [2.05, 4.69) is 15.6 Å². The monoisotopic (exact) mass is 379 g/mol. The van der Waals surface area contributed by atoms with Crippen LogP contribution in [0.1, 0.15) is 17.3 Å². The molecule has 0 aliphatic rings. The summed E-state index contributed by atoms with van der Waals surface area (Å²) in [6.07, 6.45) is 0. The molecule has 2 heterocycles. The number of aromatic amines is 1. The van der Waals surface area contributed by atoms with Gasteiger partial charge in [0, 0.05) is 31.0 Å². The summed E-state index contributed by atoms with van der Waals surface area (Å²) in [5.74, 6) is -0.339. The average Bonchev–Trinajstić information content (AvgIpc) is 3.05. The van der Waals surface area contributed by atoms with Gasteiger partial charge in [0.2, 0.25) is 5.91 Å². The topological polar surface area (TPSA) is 91.3 Å². The Morgan fingerprint density at radius 2 is 1.93 bits per heavy atom. The van der Waals surface area contributed by atoms with E-state index in [9.17, 15) is 9.59 Å². The first kappa shape index (κ1) is 17.2. The summed E-state index contributed by atoms with van der Waals surface area (Å²) in [6, 6.07) is 13.2. The van der Waals surface area contributed by atoms with E-state index in [0.29, 0.717) is 23.4 Å². The van der Waals surface area contributed by atoms with Crippen molar-refractivity contribution < 1.29 is 9.59 Å². The lowest BCUT2D eigenvalue weighted by Gasteiger charge is -2.08. The molecule has 3 N–H and O–H groups in total. The summed E-state index contributed by atoms with van der Waals surface area (Å²) in [5, 5.41) is 6.30. The summed E-state index contributed by atoms with van der Waals surface area (Å²) >= 11 is 5.51. The minimum Gasteiger partial charge on any atom is -0.355 e. The number of para-hydroxylation sites is 2. The largest absolute Gasteiger partial charge is 0.355 e. The smallest absolute Gasteiger partial charge is 0.251 e. The molecular weight excluding hydrogens is 362 g/mol. The Hall–Kier alpha value is -3.26. The van der Waals surface area contributed by atoms with Crippen LogP contribution in [-0.2, 0) is 4.79 Å². The number of imidazole rings is 1. The van der Waals surface area contributed by atoms with Crippen LogP contribution < -0.4 is 10.6 Å². The van der Waals surface area contributed by atoms with E-state index in [1.54, 1.807) is 12.1 Å². The molecule has 0 saturated carbocycles. The molecule has 0 fully saturated rings. The lowest BCUT2D eigenvalue weighted by Crippen LogP contribution is -2.33. The molecule has 0 radical (unpaired) electrons. The Kier molecular flexibility index (Phi) is 4.33. The number of aromatic nitrogens is 3. The molecule has 27 heavy (non-hydrogen) atoms. The molecule has 0 unspecified atom stereocenters. The average molecular weight is 379 g/mol. The number of carbonyl (C=O) groups is 2. The summed E-state index contributed by atoms with van der Waals surface area (Å²) in [5.41, 5.74) is 3.82. The van der Waals surface area contributed by atoms with Gasteiger partial charge >= 0.3 is 0 Å². The van der Waals surface area contributed by atoms with E-state index in [-0.39, 0.29) is 11.8 Å². The van der Waals surface area contributed by atoms with Crippen LogP contribution in [0.15, 0.2) is 42.5 Å². The zero-order chi connectivity index (χ0) is 19.0. The lowest BCUT2D eigenvalue weighted by atomic mass is 10.1. The maximum Gasteiger partial charge on any atom is 0.251 e. The standard InChI is InChI=1S/C19H17N5O2S/c1-11(25)20-8-9-21-18(26)12-6-7-13-15(10-12)23-19(27)24-16-5-3-2-4-14(16)22-17(13)24/h2-7,10H,8-9H2,1H3,(H,20,25)(H,21,26)(H,23,27). The molecule has 2 aromatic heterocycles. The molecule has 0 bridgehead atoms.